The average molecular weight is 319 g/mol. The summed E-state index contributed by atoms with van der Waals surface area (Å²) in [6, 6.07) is 20.7. The fraction of sp³-hybridized carbons (Fsp3) is 0.318. The Kier molecular flexibility index (Phi) is 5.47. The second kappa shape index (κ2) is 7.96. The van der Waals surface area contributed by atoms with E-state index in [4.69, 9.17) is 0 Å². The number of rotatable bonds is 4. The Morgan fingerprint density at radius 3 is 2.21 bits per heavy atom. The van der Waals surface area contributed by atoms with E-state index in [1.807, 2.05) is 48.2 Å². The Bertz CT molecular complexity index is 682. The Labute approximate surface area is 144 Å². The summed E-state index contributed by atoms with van der Waals surface area (Å²) < 4.78 is 0. The fourth-order valence-corrected chi connectivity index (χ4v) is 3.40. The van der Waals surface area contributed by atoms with Crippen LogP contribution in [0.25, 0.3) is 6.08 Å². The summed E-state index contributed by atoms with van der Waals surface area (Å²) in [5.41, 5.74) is 3.31. The van der Waals surface area contributed by atoms with Gasteiger partial charge in [0.1, 0.15) is 0 Å². The van der Waals surface area contributed by atoms with Crippen LogP contribution in [0.1, 0.15) is 30.9 Å². The van der Waals surface area contributed by atoms with Crippen LogP contribution in [0.5, 0.6) is 0 Å². The predicted molar refractivity (Wildman–Crippen MR) is 99.5 cm³/mol. The van der Waals surface area contributed by atoms with Gasteiger partial charge < -0.3 is 4.90 Å². The van der Waals surface area contributed by atoms with E-state index in [1.54, 1.807) is 0 Å². The predicted octanol–water partition coefficient (Wildman–Crippen LogP) is 4.57. The number of amides is 1. The zero-order valence-electron chi connectivity index (χ0n) is 14.3. The van der Waals surface area contributed by atoms with Gasteiger partial charge in [0, 0.05) is 18.7 Å². The highest BCUT2D eigenvalue weighted by atomic mass is 16.2. The fourth-order valence-electron chi connectivity index (χ4n) is 3.40. The van der Waals surface area contributed by atoms with E-state index in [9.17, 15) is 4.79 Å². The van der Waals surface area contributed by atoms with E-state index >= 15 is 0 Å². The van der Waals surface area contributed by atoms with Crippen LogP contribution in [0.2, 0.25) is 0 Å². The number of carbonyl (C=O) groups excluding carboxylic acids is 1. The molecule has 0 radical (unpaired) electrons. The van der Waals surface area contributed by atoms with Gasteiger partial charge in [0.15, 0.2) is 0 Å². The molecular formula is C22H25NO. The van der Waals surface area contributed by atoms with Crippen LogP contribution < -0.4 is 0 Å². The molecule has 0 aliphatic carbocycles. The first-order chi connectivity index (χ1) is 11.7. The highest BCUT2D eigenvalue weighted by molar-refractivity contribution is 5.97. The summed E-state index contributed by atoms with van der Waals surface area (Å²) in [6.45, 7) is 3.66. The van der Waals surface area contributed by atoms with Gasteiger partial charge in [0.05, 0.1) is 0 Å². The minimum atomic E-state index is 0.178. The van der Waals surface area contributed by atoms with Gasteiger partial charge >= 0.3 is 0 Å². The van der Waals surface area contributed by atoms with Crippen molar-refractivity contribution in [3.05, 3.63) is 77.4 Å². The first kappa shape index (κ1) is 16.5. The molecule has 2 aromatic carbocycles. The lowest BCUT2D eigenvalue weighted by Crippen LogP contribution is -2.39. The van der Waals surface area contributed by atoms with Gasteiger partial charge in [-0.3, -0.25) is 4.79 Å². The van der Waals surface area contributed by atoms with E-state index in [-0.39, 0.29) is 5.91 Å². The molecule has 1 aliphatic heterocycles. The van der Waals surface area contributed by atoms with Crippen molar-refractivity contribution >= 4 is 12.0 Å². The molecule has 24 heavy (non-hydrogen) atoms. The van der Waals surface area contributed by atoms with Crippen LogP contribution in [0.4, 0.5) is 0 Å². The highest BCUT2D eigenvalue weighted by Gasteiger charge is 2.23. The van der Waals surface area contributed by atoms with Crippen molar-refractivity contribution in [1.29, 1.82) is 0 Å². The molecule has 0 saturated carbocycles. The molecule has 0 spiro atoms. The second-order valence-corrected chi connectivity index (χ2v) is 6.66. The van der Waals surface area contributed by atoms with Gasteiger partial charge in [-0.2, -0.15) is 0 Å². The minimum Gasteiger partial charge on any atom is -0.339 e. The molecule has 0 N–H and O–H groups in total. The van der Waals surface area contributed by atoms with E-state index in [1.165, 1.54) is 5.56 Å². The first-order valence-electron chi connectivity index (χ1n) is 8.79. The molecule has 1 fully saturated rings. The van der Waals surface area contributed by atoms with Gasteiger partial charge in [-0.15, -0.1) is 0 Å². The first-order valence-corrected chi connectivity index (χ1v) is 8.79. The third kappa shape index (κ3) is 4.35. The lowest BCUT2D eigenvalue weighted by molar-refractivity contribution is -0.128. The number of benzene rings is 2. The minimum absolute atomic E-state index is 0.178. The highest BCUT2D eigenvalue weighted by Crippen LogP contribution is 2.23. The van der Waals surface area contributed by atoms with Crippen molar-refractivity contribution in [1.82, 2.24) is 4.90 Å². The van der Waals surface area contributed by atoms with Crippen molar-refractivity contribution < 1.29 is 4.79 Å². The number of hydrogen-bond acceptors (Lipinski definition) is 1. The van der Waals surface area contributed by atoms with E-state index in [0.29, 0.717) is 5.92 Å². The van der Waals surface area contributed by atoms with Crippen LogP contribution in [0.3, 0.4) is 0 Å². The Morgan fingerprint density at radius 1 is 1.00 bits per heavy atom. The van der Waals surface area contributed by atoms with Crippen LogP contribution in [-0.4, -0.2) is 23.9 Å². The summed E-state index contributed by atoms with van der Waals surface area (Å²) in [6.07, 6.45) is 5.30. The molecule has 0 bridgehead atoms. The van der Waals surface area contributed by atoms with Crippen LogP contribution in [-0.2, 0) is 11.2 Å². The van der Waals surface area contributed by atoms with Crippen molar-refractivity contribution in [2.75, 3.05) is 13.1 Å². The Morgan fingerprint density at radius 2 is 1.58 bits per heavy atom. The van der Waals surface area contributed by atoms with Gasteiger partial charge in [0.25, 0.3) is 0 Å². The molecule has 0 aromatic heterocycles. The maximum absolute atomic E-state index is 12.6. The van der Waals surface area contributed by atoms with Crippen molar-refractivity contribution in [2.45, 2.75) is 26.2 Å². The van der Waals surface area contributed by atoms with Crippen molar-refractivity contribution in [3.8, 4) is 0 Å². The Hall–Kier alpha value is -2.35. The van der Waals surface area contributed by atoms with Crippen molar-refractivity contribution in [2.24, 2.45) is 5.92 Å². The van der Waals surface area contributed by atoms with E-state index in [0.717, 1.165) is 43.5 Å². The number of carbonyl (C=O) groups is 1. The van der Waals surface area contributed by atoms with Crippen molar-refractivity contribution in [3.63, 3.8) is 0 Å². The Balaban J connectivity index is 1.54. The molecule has 1 heterocycles. The lowest BCUT2D eigenvalue weighted by Gasteiger charge is -2.32. The quantitative estimate of drug-likeness (QED) is 0.756. The molecule has 0 unspecified atom stereocenters. The van der Waals surface area contributed by atoms with Crippen LogP contribution >= 0.6 is 0 Å². The SMILES string of the molecule is C/C(=C\c1ccccc1)C(=O)N1CCC(Cc2ccccc2)CC1. The molecule has 1 amide bonds. The third-order valence-electron chi connectivity index (χ3n) is 4.79. The molecule has 2 nitrogen and oxygen atoms in total. The monoisotopic (exact) mass is 319 g/mol. The zero-order valence-corrected chi connectivity index (χ0v) is 14.3. The molecule has 0 atom stereocenters. The molecule has 2 aromatic rings. The molecule has 2 heteroatoms. The summed E-state index contributed by atoms with van der Waals surface area (Å²) >= 11 is 0. The molecule has 1 aliphatic rings. The average Bonchev–Trinajstić information content (AvgIpc) is 2.63. The standard InChI is InChI=1S/C22H25NO/c1-18(16-19-8-4-2-5-9-19)22(24)23-14-12-21(13-15-23)17-20-10-6-3-7-11-20/h2-11,16,21H,12-15,17H2,1H3/b18-16+. The van der Waals surface area contributed by atoms with E-state index in [2.05, 4.69) is 30.3 Å². The third-order valence-corrected chi connectivity index (χ3v) is 4.79. The topological polar surface area (TPSA) is 20.3 Å². The van der Waals surface area contributed by atoms with Crippen LogP contribution in [0, 0.1) is 5.92 Å². The van der Waals surface area contributed by atoms with Gasteiger partial charge in [-0.05, 0) is 49.3 Å². The molecule has 124 valence electrons. The van der Waals surface area contributed by atoms with Gasteiger partial charge in [-0.1, -0.05) is 60.7 Å². The van der Waals surface area contributed by atoms with Gasteiger partial charge in [0.2, 0.25) is 5.91 Å². The lowest BCUT2D eigenvalue weighted by atomic mass is 9.90. The number of nitrogens with zero attached hydrogens (tertiary/aromatic N) is 1. The summed E-state index contributed by atoms with van der Waals surface area (Å²) in [5, 5.41) is 0. The smallest absolute Gasteiger partial charge is 0.249 e. The number of piperidine rings is 1. The zero-order chi connectivity index (χ0) is 16.8. The largest absolute Gasteiger partial charge is 0.339 e. The molecular weight excluding hydrogens is 294 g/mol. The van der Waals surface area contributed by atoms with Crippen LogP contribution in [0.15, 0.2) is 66.2 Å². The second-order valence-electron chi connectivity index (χ2n) is 6.66. The maximum atomic E-state index is 12.6. The molecule has 1 saturated heterocycles. The summed E-state index contributed by atoms with van der Waals surface area (Å²) in [4.78, 5) is 14.6. The normalized spacial score (nSPS) is 16.2. The maximum Gasteiger partial charge on any atom is 0.249 e. The summed E-state index contributed by atoms with van der Waals surface area (Å²) in [5.74, 6) is 0.867. The number of hydrogen-bond donors (Lipinski definition) is 0. The number of likely N-dealkylation sites (tertiary alicyclic amines) is 1. The van der Waals surface area contributed by atoms with E-state index < -0.39 is 0 Å². The summed E-state index contributed by atoms with van der Waals surface area (Å²) in [7, 11) is 0. The molecule has 3 rings (SSSR count). The van der Waals surface area contributed by atoms with Gasteiger partial charge in [-0.25, -0.2) is 0 Å².